The Balaban J connectivity index is 1.61. The van der Waals surface area contributed by atoms with Crippen molar-refractivity contribution in [3.63, 3.8) is 0 Å². The van der Waals surface area contributed by atoms with Gasteiger partial charge in [0.2, 0.25) is 10.0 Å². The summed E-state index contributed by atoms with van der Waals surface area (Å²) in [7, 11) is -3.80. The lowest BCUT2D eigenvalue weighted by Crippen LogP contribution is -2.40. The van der Waals surface area contributed by atoms with Gasteiger partial charge in [-0.2, -0.15) is 4.31 Å². The first-order valence-electron chi connectivity index (χ1n) is 10.6. The molecule has 1 heterocycles. The molecule has 1 fully saturated rings. The van der Waals surface area contributed by atoms with E-state index in [9.17, 15) is 22.8 Å². The van der Waals surface area contributed by atoms with Gasteiger partial charge >= 0.3 is 11.9 Å². The van der Waals surface area contributed by atoms with Crippen molar-refractivity contribution in [2.24, 2.45) is 0 Å². The first kappa shape index (κ1) is 25.3. The Kier molecular flexibility index (Phi) is 8.37. The van der Waals surface area contributed by atoms with Gasteiger partial charge in [-0.1, -0.05) is 6.07 Å². The van der Waals surface area contributed by atoms with Crippen molar-refractivity contribution in [2.75, 3.05) is 44.8 Å². The van der Waals surface area contributed by atoms with E-state index in [-0.39, 0.29) is 30.2 Å². The van der Waals surface area contributed by atoms with E-state index in [1.165, 1.54) is 46.8 Å². The van der Waals surface area contributed by atoms with Crippen LogP contribution in [-0.2, 0) is 29.0 Å². The predicted octanol–water partition coefficient (Wildman–Crippen LogP) is 1.99. The number of hydrogen-bond donors (Lipinski definition) is 1. The minimum Gasteiger partial charge on any atom is -0.462 e. The maximum absolute atomic E-state index is 13.0. The van der Waals surface area contributed by atoms with E-state index in [4.69, 9.17) is 14.2 Å². The number of sulfonamides is 1. The molecule has 0 atom stereocenters. The van der Waals surface area contributed by atoms with Gasteiger partial charge in [-0.05, 0) is 55.8 Å². The first-order valence-corrected chi connectivity index (χ1v) is 12.1. The van der Waals surface area contributed by atoms with E-state index in [0.29, 0.717) is 30.0 Å². The van der Waals surface area contributed by atoms with E-state index in [1.54, 1.807) is 13.8 Å². The number of nitrogens with zero attached hydrogens (tertiary/aromatic N) is 1. The number of anilines is 1. The minimum absolute atomic E-state index is 0.00925. The van der Waals surface area contributed by atoms with Crippen LogP contribution >= 0.6 is 0 Å². The average molecular weight is 491 g/mol. The topological polar surface area (TPSA) is 128 Å². The Labute approximate surface area is 197 Å². The summed E-state index contributed by atoms with van der Waals surface area (Å²) in [6.45, 7) is 4.11. The smallest absolute Gasteiger partial charge is 0.338 e. The largest absolute Gasteiger partial charge is 0.462 e. The second-order valence-electron chi connectivity index (χ2n) is 7.42. The molecule has 3 rings (SSSR count). The number of rotatable bonds is 8. The molecule has 0 radical (unpaired) electrons. The molecule has 11 heteroatoms. The van der Waals surface area contributed by atoms with Crippen LogP contribution in [0, 0.1) is 6.92 Å². The number of hydrogen-bond acceptors (Lipinski definition) is 8. The number of esters is 2. The average Bonchev–Trinajstić information content (AvgIpc) is 2.84. The Morgan fingerprint density at radius 1 is 0.971 bits per heavy atom. The molecular weight excluding hydrogens is 464 g/mol. The summed E-state index contributed by atoms with van der Waals surface area (Å²) in [5, 5.41) is 2.55. The van der Waals surface area contributed by atoms with Crippen LogP contribution < -0.4 is 5.32 Å². The lowest BCUT2D eigenvalue weighted by Gasteiger charge is -2.26. The van der Waals surface area contributed by atoms with E-state index in [2.05, 4.69) is 5.32 Å². The lowest BCUT2D eigenvalue weighted by atomic mass is 10.1. The van der Waals surface area contributed by atoms with Gasteiger partial charge in [-0.3, -0.25) is 4.79 Å². The summed E-state index contributed by atoms with van der Waals surface area (Å²) in [4.78, 5) is 36.3. The Morgan fingerprint density at radius 2 is 1.59 bits per heavy atom. The third kappa shape index (κ3) is 6.19. The molecule has 1 saturated heterocycles. The van der Waals surface area contributed by atoms with Crippen molar-refractivity contribution in [2.45, 2.75) is 18.7 Å². The van der Waals surface area contributed by atoms with Gasteiger partial charge in [0.15, 0.2) is 6.61 Å². The van der Waals surface area contributed by atoms with E-state index < -0.39 is 34.5 Å². The molecule has 0 spiro atoms. The molecule has 0 bridgehead atoms. The molecule has 10 nitrogen and oxygen atoms in total. The predicted molar refractivity (Wildman–Crippen MR) is 122 cm³/mol. The number of carbonyl (C=O) groups is 3. The van der Waals surface area contributed by atoms with Crippen molar-refractivity contribution < 1.29 is 37.0 Å². The highest BCUT2D eigenvalue weighted by Crippen LogP contribution is 2.23. The van der Waals surface area contributed by atoms with Crippen molar-refractivity contribution >= 4 is 33.6 Å². The van der Waals surface area contributed by atoms with Crippen LogP contribution in [0.1, 0.15) is 33.2 Å². The van der Waals surface area contributed by atoms with Gasteiger partial charge in [-0.15, -0.1) is 0 Å². The summed E-state index contributed by atoms with van der Waals surface area (Å²) < 4.78 is 42.4. The van der Waals surface area contributed by atoms with Crippen LogP contribution in [0.25, 0.3) is 0 Å². The Morgan fingerprint density at radius 3 is 2.24 bits per heavy atom. The zero-order chi connectivity index (χ0) is 24.7. The van der Waals surface area contributed by atoms with Crippen molar-refractivity contribution in [1.82, 2.24) is 4.31 Å². The second-order valence-corrected chi connectivity index (χ2v) is 9.33. The molecule has 0 aromatic heterocycles. The number of aryl methyl sites for hydroxylation is 1. The van der Waals surface area contributed by atoms with E-state index in [1.807, 2.05) is 0 Å². The highest BCUT2D eigenvalue weighted by atomic mass is 32.2. The zero-order valence-corrected chi connectivity index (χ0v) is 19.7. The highest BCUT2D eigenvalue weighted by molar-refractivity contribution is 7.89. The SMILES string of the molecule is CCOC(=O)c1ccc(NC(=O)COC(=O)c2ccc(C)c(S(=O)(=O)N3CCOCC3)c2)cc1. The van der Waals surface area contributed by atoms with Gasteiger partial charge in [-0.25, -0.2) is 18.0 Å². The number of amides is 1. The maximum atomic E-state index is 13.0. The summed E-state index contributed by atoms with van der Waals surface area (Å²) in [6, 6.07) is 10.3. The van der Waals surface area contributed by atoms with E-state index >= 15 is 0 Å². The molecule has 0 saturated carbocycles. The molecule has 182 valence electrons. The molecule has 0 unspecified atom stereocenters. The number of carbonyl (C=O) groups excluding carboxylic acids is 3. The molecule has 2 aromatic rings. The quantitative estimate of drug-likeness (QED) is 0.557. The third-order valence-electron chi connectivity index (χ3n) is 5.03. The van der Waals surface area contributed by atoms with Gasteiger partial charge in [0.25, 0.3) is 5.91 Å². The van der Waals surface area contributed by atoms with Crippen LogP contribution in [0.2, 0.25) is 0 Å². The maximum Gasteiger partial charge on any atom is 0.338 e. The fourth-order valence-electron chi connectivity index (χ4n) is 3.25. The zero-order valence-electron chi connectivity index (χ0n) is 18.9. The lowest BCUT2D eigenvalue weighted by molar-refractivity contribution is -0.119. The standard InChI is InChI=1S/C23H26N2O8S/c1-3-32-22(27)17-6-8-19(9-7-17)24-21(26)15-33-23(28)18-5-4-16(2)20(14-18)34(29,30)25-10-12-31-13-11-25/h4-9,14H,3,10-13,15H2,1-2H3,(H,24,26). The van der Waals surface area contributed by atoms with Crippen molar-refractivity contribution in [3.05, 3.63) is 59.2 Å². The number of benzene rings is 2. The Hall–Kier alpha value is -3.28. The third-order valence-corrected chi connectivity index (χ3v) is 7.07. The normalized spacial score (nSPS) is 14.3. The number of nitrogens with one attached hydrogen (secondary N) is 1. The highest BCUT2D eigenvalue weighted by Gasteiger charge is 2.28. The van der Waals surface area contributed by atoms with Crippen molar-refractivity contribution in [1.29, 1.82) is 0 Å². The molecule has 2 aromatic carbocycles. The van der Waals surface area contributed by atoms with Crippen LogP contribution in [-0.4, -0.2) is 70.1 Å². The second kappa shape index (κ2) is 11.2. The number of morpholine rings is 1. The van der Waals surface area contributed by atoms with Crippen LogP contribution in [0.3, 0.4) is 0 Å². The molecule has 34 heavy (non-hydrogen) atoms. The summed E-state index contributed by atoms with van der Waals surface area (Å²) >= 11 is 0. The van der Waals surface area contributed by atoms with Crippen LogP contribution in [0.15, 0.2) is 47.4 Å². The molecule has 0 aliphatic carbocycles. The number of ether oxygens (including phenoxy) is 3. The van der Waals surface area contributed by atoms with Gasteiger partial charge in [0, 0.05) is 18.8 Å². The monoisotopic (exact) mass is 490 g/mol. The molecule has 1 aliphatic heterocycles. The summed E-state index contributed by atoms with van der Waals surface area (Å²) in [5.74, 6) is -1.89. The minimum atomic E-state index is -3.80. The van der Waals surface area contributed by atoms with Crippen LogP contribution in [0.4, 0.5) is 5.69 Å². The molecule has 1 amide bonds. The van der Waals surface area contributed by atoms with Gasteiger partial charge < -0.3 is 19.5 Å². The molecule has 1 aliphatic rings. The van der Waals surface area contributed by atoms with Gasteiger partial charge in [0.1, 0.15) is 0 Å². The van der Waals surface area contributed by atoms with Crippen LogP contribution in [0.5, 0.6) is 0 Å². The van der Waals surface area contributed by atoms with Crippen molar-refractivity contribution in [3.8, 4) is 0 Å². The first-order chi connectivity index (χ1) is 16.2. The summed E-state index contributed by atoms with van der Waals surface area (Å²) in [5.41, 5.74) is 1.26. The van der Waals surface area contributed by atoms with Gasteiger partial charge in [0.05, 0.1) is 35.8 Å². The molecular formula is C23H26N2O8S. The fraction of sp³-hybridized carbons (Fsp3) is 0.348. The fourth-order valence-corrected chi connectivity index (χ4v) is 4.91. The Bertz CT molecular complexity index is 1160. The summed E-state index contributed by atoms with van der Waals surface area (Å²) in [6.07, 6.45) is 0. The van der Waals surface area contributed by atoms with E-state index in [0.717, 1.165) is 0 Å². The molecule has 1 N–H and O–H groups in total.